The summed E-state index contributed by atoms with van der Waals surface area (Å²) in [6.07, 6.45) is 5.28. The predicted molar refractivity (Wildman–Crippen MR) is 98.1 cm³/mol. The van der Waals surface area contributed by atoms with Crippen molar-refractivity contribution < 1.29 is 9.59 Å². The number of thiophene rings is 1. The highest BCUT2D eigenvalue weighted by Gasteiger charge is 2.25. The van der Waals surface area contributed by atoms with Crippen LogP contribution in [0.15, 0.2) is 35.9 Å². The van der Waals surface area contributed by atoms with Gasteiger partial charge in [-0.2, -0.15) is 5.26 Å². The van der Waals surface area contributed by atoms with Gasteiger partial charge in [-0.25, -0.2) is 0 Å². The first-order valence-electron chi connectivity index (χ1n) is 8.02. The van der Waals surface area contributed by atoms with Crippen LogP contribution in [0.2, 0.25) is 0 Å². The van der Waals surface area contributed by atoms with E-state index < -0.39 is 11.8 Å². The fraction of sp³-hybridized carbons (Fsp3) is 0.211. The molecule has 0 spiro atoms. The summed E-state index contributed by atoms with van der Waals surface area (Å²) in [6, 6.07) is 11.1. The average molecular weight is 351 g/mol. The molecule has 1 aliphatic rings. The summed E-state index contributed by atoms with van der Waals surface area (Å²) in [7, 11) is 0. The van der Waals surface area contributed by atoms with E-state index in [0.717, 1.165) is 41.7 Å². The zero-order chi connectivity index (χ0) is 17.8. The van der Waals surface area contributed by atoms with Gasteiger partial charge in [-0.1, -0.05) is 30.3 Å². The monoisotopic (exact) mass is 351 g/mol. The molecule has 0 aliphatic heterocycles. The Morgan fingerprint density at radius 2 is 1.92 bits per heavy atom. The van der Waals surface area contributed by atoms with Crippen molar-refractivity contribution in [2.75, 3.05) is 5.32 Å². The van der Waals surface area contributed by atoms with E-state index in [1.54, 1.807) is 0 Å². The van der Waals surface area contributed by atoms with Gasteiger partial charge in [-0.05, 0) is 42.9 Å². The molecule has 2 aromatic rings. The van der Waals surface area contributed by atoms with Gasteiger partial charge in [-0.15, -0.1) is 11.3 Å². The number of carbonyl (C=O) groups excluding carboxylic acids is 2. The number of nitrogens with zero attached hydrogens (tertiary/aromatic N) is 1. The number of aryl methyl sites for hydroxylation is 1. The Hall–Kier alpha value is -2.91. The van der Waals surface area contributed by atoms with Gasteiger partial charge in [0.2, 0.25) is 0 Å². The number of fused-ring (bicyclic) bond motifs is 1. The highest BCUT2D eigenvalue weighted by Crippen LogP contribution is 2.38. The number of hydrogen-bond acceptors (Lipinski definition) is 4. The third-order valence-corrected chi connectivity index (χ3v) is 5.33. The van der Waals surface area contributed by atoms with Crippen LogP contribution in [-0.4, -0.2) is 11.8 Å². The normalized spacial score (nSPS) is 13.6. The van der Waals surface area contributed by atoms with Crippen molar-refractivity contribution in [3.63, 3.8) is 0 Å². The van der Waals surface area contributed by atoms with Crippen LogP contribution in [0.5, 0.6) is 0 Å². The zero-order valence-electron chi connectivity index (χ0n) is 13.5. The standard InChI is InChI=1S/C19H17N3O2S/c20-11-13(10-12-6-2-1-3-7-12)18(24)22-19-16(17(21)23)14-8-4-5-9-15(14)25-19/h1-3,6-7,10H,4-5,8-9H2,(H2,21,23)(H,22,24). The maximum Gasteiger partial charge on any atom is 0.266 e. The molecule has 0 bridgehead atoms. The summed E-state index contributed by atoms with van der Waals surface area (Å²) in [5.74, 6) is -1.08. The van der Waals surface area contributed by atoms with Crippen molar-refractivity contribution >= 4 is 34.2 Å². The molecule has 0 radical (unpaired) electrons. The molecule has 126 valence electrons. The Kier molecular flexibility index (Phi) is 4.96. The SMILES string of the molecule is N#CC(=Cc1ccccc1)C(=O)Nc1sc2c(c1C(N)=O)CCCC2. The van der Waals surface area contributed by atoms with E-state index in [2.05, 4.69) is 5.32 Å². The second-order valence-electron chi connectivity index (χ2n) is 5.81. The van der Waals surface area contributed by atoms with Crippen molar-refractivity contribution in [2.45, 2.75) is 25.7 Å². The van der Waals surface area contributed by atoms with Crippen molar-refractivity contribution in [3.05, 3.63) is 57.5 Å². The Morgan fingerprint density at radius 1 is 1.20 bits per heavy atom. The summed E-state index contributed by atoms with van der Waals surface area (Å²) in [5.41, 5.74) is 7.61. The lowest BCUT2D eigenvalue weighted by Gasteiger charge is -2.11. The Bertz CT molecular complexity index is 891. The van der Waals surface area contributed by atoms with Crippen LogP contribution >= 0.6 is 11.3 Å². The van der Waals surface area contributed by atoms with Crippen LogP contribution in [0, 0.1) is 11.3 Å². The van der Waals surface area contributed by atoms with E-state index in [1.807, 2.05) is 36.4 Å². The average Bonchev–Trinajstić information content (AvgIpc) is 2.98. The van der Waals surface area contributed by atoms with Crippen LogP contribution < -0.4 is 11.1 Å². The Labute approximate surface area is 149 Å². The first kappa shape index (κ1) is 16.9. The highest BCUT2D eigenvalue weighted by atomic mass is 32.1. The van der Waals surface area contributed by atoms with Crippen LogP contribution in [0.3, 0.4) is 0 Å². The Morgan fingerprint density at radius 3 is 2.60 bits per heavy atom. The van der Waals surface area contributed by atoms with E-state index in [9.17, 15) is 14.9 Å². The van der Waals surface area contributed by atoms with Crippen molar-refractivity contribution in [3.8, 4) is 6.07 Å². The molecule has 0 unspecified atom stereocenters. The number of rotatable bonds is 4. The van der Waals surface area contributed by atoms with Gasteiger partial charge in [0, 0.05) is 4.88 Å². The molecule has 0 saturated heterocycles. The number of hydrogen-bond donors (Lipinski definition) is 2. The number of benzene rings is 1. The molecular weight excluding hydrogens is 334 g/mol. The third-order valence-electron chi connectivity index (χ3n) is 4.12. The molecule has 1 heterocycles. The summed E-state index contributed by atoms with van der Waals surface area (Å²) in [4.78, 5) is 25.5. The van der Waals surface area contributed by atoms with Gasteiger partial charge in [0.15, 0.2) is 0 Å². The van der Waals surface area contributed by atoms with Crippen LogP contribution in [0.1, 0.15) is 39.2 Å². The van der Waals surface area contributed by atoms with E-state index >= 15 is 0 Å². The lowest BCUT2D eigenvalue weighted by Crippen LogP contribution is -2.19. The highest BCUT2D eigenvalue weighted by molar-refractivity contribution is 7.17. The molecule has 6 heteroatoms. The fourth-order valence-corrected chi connectivity index (χ4v) is 4.24. The zero-order valence-corrected chi connectivity index (χ0v) is 14.4. The molecule has 0 fully saturated rings. The van der Waals surface area contributed by atoms with Crippen LogP contribution in [-0.2, 0) is 17.6 Å². The molecule has 1 aliphatic carbocycles. The predicted octanol–water partition coefficient (Wildman–Crippen LogP) is 3.27. The van der Waals surface area contributed by atoms with Gasteiger partial charge in [0.05, 0.1) is 5.56 Å². The van der Waals surface area contributed by atoms with Crippen LogP contribution in [0.25, 0.3) is 6.08 Å². The van der Waals surface area contributed by atoms with Crippen LogP contribution in [0.4, 0.5) is 5.00 Å². The number of nitrogens with two attached hydrogens (primary N) is 1. The van der Waals surface area contributed by atoms with Gasteiger partial charge in [0.1, 0.15) is 16.6 Å². The maximum atomic E-state index is 12.5. The minimum atomic E-state index is -0.541. The number of primary amides is 1. The number of anilines is 1. The first-order chi connectivity index (χ1) is 12.1. The molecule has 25 heavy (non-hydrogen) atoms. The van der Waals surface area contributed by atoms with E-state index in [1.165, 1.54) is 17.4 Å². The fourth-order valence-electron chi connectivity index (χ4n) is 2.95. The van der Waals surface area contributed by atoms with E-state index in [0.29, 0.717) is 10.6 Å². The molecule has 1 aromatic carbocycles. The van der Waals surface area contributed by atoms with Gasteiger partial charge < -0.3 is 11.1 Å². The van der Waals surface area contributed by atoms with Crippen molar-refractivity contribution in [1.82, 2.24) is 0 Å². The smallest absolute Gasteiger partial charge is 0.266 e. The number of nitrogens with one attached hydrogen (secondary N) is 1. The van der Waals surface area contributed by atoms with E-state index in [-0.39, 0.29) is 5.57 Å². The number of carbonyl (C=O) groups is 2. The molecule has 0 saturated carbocycles. The molecule has 3 rings (SSSR count). The summed E-state index contributed by atoms with van der Waals surface area (Å²) >= 11 is 1.38. The summed E-state index contributed by atoms with van der Waals surface area (Å²) < 4.78 is 0. The van der Waals surface area contributed by atoms with Crippen molar-refractivity contribution in [1.29, 1.82) is 5.26 Å². The van der Waals surface area contributed by atoms with Gasteiger partial charge in [-0.3, -0.25) is 9.59 Å². The lowest BCUT2D eigenvalue weighted by atomic mass is 9.95. The largest absolute Gasteiger partial charge is 0.365 e. The number of amides is 2. The summed E-state index contributed by atoms with van der Waals surface area (Å²) in [6.45, 7) is 0. The minimum Gasteiger partial charge on any atom is -0.365 e. The maximum absolute atomic E-state index is 12.5. The van der Waals surface area contributed by atoms with Gasteiger partial charge >= 0.3 is 0 Å². The van der Waals surface area contributed by atoms with E-state index in [4.69, 9.17) is 5.73 Å². The Balaban J connectivity index is 1.90. The molecular formula is C19H17N3O2S. The molecule has 5 nitrogen and oxygen atoms in total. The second kappa shape index (κ2) is 7.32. The summed E-state index contributed by atoms with van der Waals surface area (Å²) in [5, 5.41) is 12.5. The molecule has 1 aromatic heterocycles. The minimum absolute atomic E-state index is 0.0204. The van der Waals surface area contributed by atoms with Crippen molar-refractivity contribution in [2.24, 2.45) is 5.73 Å². The third kappa shape index (κ3) is 3.62. The molecule has 2 amide bonds. The molecule has 0 atom stereocenters. The topological polar surface area (TPSA) is 96.0 Å². The number of nitriles is 1. The quantitative estimate of drug-likeness (QED) is 0.653. The lowest BCUT2D eigenvalue weighted by molar-refractivity contribution is -0.112. The first-order valence-corrected chi connectivity index (χ1v) is 8.84. The second-order valence-corrected chi connectivity index (χ2v) is 6.92. The molecule has 3 N–H and O–H groups in total. The van der Waals surface area contributed by atoms with Gasteiger partial charge in [0.25, 0.3) is 11.8 Å².